The van der Waals surface area contributed by atoms with Crippen molar-refractivity contribution in [2.24, 2.45) is 17.8 Å². The van der Waals surface area contributed by atoms with Gasteiger partial charge in [-0.1, -0.05) is 318 Å². The van der Waals surface area contributed by atoms with E-state index in [1.165, 1.54) is 238 Å². The van der Waals surface area contributed by atoms with Crippen molar-refractivity contribution in [3.8, 4) is 0 Å². The molecule has 0 spiro atoms. The number of carbonyl (C=O) groups is 3. The summed E-state index contributed by atoms with van der Waals surface area (Å²) < 4.78 is 17.0. The predicted octanol–water partition coefficient (Wildman–Crippen LogP) is 21.1. The molecule has 0 aliphatic heterocycles. The molecule has 1 atom stereocenters. The molecule has 416 valence electrons. The average Bonchev–Trinajstić information content (AvgIpc) is 3.32. The van der Waals surface area contributed by atoms with E-state index >= 15 is 0 Å². The molecule has 0 unspecified atom stereocenters. The summed E-state index contributed by atoms with van der Waals surface area (Å²) in [6.45, 7) is 13.8. The normalized spacial score (nSPS) is 12.1. The third-order valence-corrected chi connectivity index (χ3v) is 14.6. The zero-order valence-electron chi connectivity index (χ0n) is 48.3. The summed E-state index contributed by atoms with van der Waals surface area (Å²) in [5.74, 6) is 1.70. The standard InChI is InChI=1S/C64H124O6/c1-58(2)50-44-38-32-26-20-14-8-7-9-17-23-29-35-41-47-53-62(65)68-56-61(70-64(67)55-49-43-37-31-25-19-13-11-16-22-28-34-40-46-52-60(5)6)57-69-63(66)54-48-42-36-30-24-18-12-10-15-21-27-33-39-45-51-59(3)4/h58-61H,7-57H2,1-6H3/t61-/m0/s1. The van der Waals surface area contributed by atoms with E-state index in [2.05, 4.69) is 41.5 Å². The Labute approximate surface area is 438 Å². The van der Waals surface area contributed by atoms with E-state index in [1.807, 2.05) is 0 Å². The quantitative estimate of drug-likeness (QED) is 0.0343. The first-order valence-corrected chi connectivity index (χ1v) is 31.6. The van der Waals surface area contributed by atoms with Crippen LogP contribution < -0.4 is 0 Å². The lowest BCUT2D eigenvalue weighted by atomic mass is 10.0. The van der Waals surface area contributed by atoms with E-state index in [0.29, 0.717) is 19.3 Å². The minimum atomic E-state index is -0.764. The van der Waals surface area contributed by atoms with E-state index in [0.717, 1.165) is 75.5 Å². The van der Waals surface area contributed by atoms with Gasteiger partial charge in [-0.05, 0) is 37.0 Å². The maximum atomic E-state index is 12.9. The highest BCUT2D eigenvalue weighted by atomic mass is 16.6. The number of hydrogen-bond acceptors (Lipinski definition) is 6. The number of hydrogen-bond donors (Lipinski definition) is 0. The maximum absolute atomic E-state index is 12.9. The molecule has 0 N–H and O–H groups in total. The van der Waals surface area contributed by atoms with Crippen molar-refractivity contribution in [1.82, 2.24) is 0 Å². The summed E-state index contributed by atoms with van der Waals surface area (Å²) in [7, 11) is 0. The smallest absolute Gasteiger partial charge is 0.306 e. The third kappa shape index (κ3) is 57.3. The van der Waals surface area contributed by atoms with Crippen molar-refractivity contribution < 1.29 is 28.6 Å². The zero-order chi connectivity index (χ0) is 51.2. The van der Waals surface area contributed by atoms with Crippen LogP contribution in [0.25, 0.3) is 0 Å². The highest BCUT2D eigenvalue weighted by Gasteiger charge is 2.19. The fourth-order valence-corrected chi connectivity index (χ4v) is 9.88. The monoisotopic (exact) mass is 989 g/mol. The molecule has 0 rings (SSSR count). The number of carbonyl (C=O) groups excluding carboxylic acids is 3. The molecule has 0 aromatic heterocycles. The highest BCUT2D eigenvalue weighted by Crippen LogP contribution is 2.19. The van der Waals surface area contributed by atoms with Gasteiger partial charge >= 0.3 is 17.9 Å². The van der Waals surface area contributed by atoms with E-state index in [1.54, 1.807) is 0 Å². The van der Waals surface area contributed by atoms with Gasteiger partial charge in [-0.3, -0.25) is 14.4 Å². The van der Waals surface area contributed by atoms with Crippen LogP contribution in [0.15, 0.2) is 0 Å². The van der Waals surface area contributed by atoms with Gasteiger partial charge in [-0.15, -0.1) is 0 Å². The Kier molecular flexibility index (Phi) is 53.9. The molecule has 0 aliphatic carbocycles. The van der Waals surface area contributed by atoms with Gasteiger partial charge in [0.15, 0.2) is 6.10 Å². The molecular formula is C64H124O6. The van der Waals surface area contributed by atoms with Gasteiger partial charge in [0.2, 0.25) is 0 Å². The molecule has 0 aromatic carbocycles. The first-order valence-electron chi connectivity index (χ1n) is 31.6. The Bertz CT molecular complexity index is 1090. The molecule has 6 heteroatoms. The van der Waals surface area contributed by atoms with Crippen LogP contribution in [-0.2, 0) is 28.6 Å². The van der Waals surface area contributed by atoms with Gasteiger partial charge in [0.1, 0.15) is 13.2 Å². The summed E-state index contributed by atoms with van der Waals surface area (Å²) in [6.07, 6.45) is 59.6. The summed E-state index contributed by atoms with van der Waals surface area (Å²) in [5.41, 5.74) is 0. The summed E-state index contributed by atoms with van der Waals surface area (Å²) >= 11 is 0. The molecule has 0 bridgehead atoms. The minimum absolute atomic E-state index is 0.0626. The molecule has 0 aromatic rings. The summed E-state index contributed by atoms with van der Waals surface area (Å²) in [4.78, 5) is 38.3. The lowest BCUT2D eigenvalue weighted by molar-refractivity contribution is -0.167. The summed E-state index contributed by atoms with van der Waals surface area (Å²) in [5, 5.41) is 0. The second kappa shape index (κ2) is 55.2. The van der Waals surface area contributed by atoms with Crippen molar-refractivity contribution in [2.75, 3.05) is 13.2 Å². The van der Waals surface area contributed by atoms with Crippen LogP contribution in [0.5, 0.6) is 0 Å². The fraction of sp³-hybridized carbons (Fsp3) is 0.953. The van der Waals surface area contributed by atoms with E-state index in [4.69, 9.17) is 14.2 Å². The first kappa shape index (κ1) is 68.4. The van der Waals surface area contributed by atoms with Crippen LogP contribution in [0.3, 0.4) is 0 Å². The molecular weight excluding hydrogens is 865 g/mol. The fourth-order valence-electron chi connectivity index (χ4n) is 9.88. The first-order chi connectivity index (χ1) is 34.1. The molecule has 0 radical (unpaired) electrons. The van der Waals surface area contributed by atoms with Crippen molar-refractivity contribution >= 4 is 17.9 Å². The molecule has 0 amide bonds. The number of esters is 3. The van der Waals surface area contributed by atoms with Gasteiger partial charge in [-0.2, -0.15) is 0 Å². The van der Waals surface area contributed by atoms with Gasteiger partial charge < -0.3 is 14.2 Å². The van der Waals surface area contributed by atoms with E-state index in [-0.39, 0.29) is 31.1 Å². The van der Waals surface area contributed by atoms with Crippen molar-refractivity contribution in [1.29, 1.82) is 0 Å². The number of ether oxygens (including phenoxy) is 3. The Morgan fingerprint density at radius 2 is 0.414 bits per heavy atom. The molecule has 0 saturated carbocycles. The van der Waals surface area contributed by atoms with Crippen molar-refractivity contribution in [3.63, 3.8) is 0 Å². The van der Waals surface area contributed by atoms with Crippen LogP contribution in [0.4, 0.5) is 0 Å². The molecule has 70 heavy (non-hydrogen) atoms. The van der Waals surface area contributed by atoms with E-state index in [9.17, 15) is 14.4 Å². The average molecular weight is 990 g/mol. The topological polar surface area (TPSA) is 78.9 Å². The SMILES string of the molecule is CC(C)CCCCCCCCCCCCCCCCCC(=O)OC[C@@H](COC(=O)CCCCCCCCCCCCCCCCC(C)C)OC(=O)CCCCCCCCCCCCCCCCC(C)C. The van der Waals surface area contributed by atoms with Crippen LogP contribution in [0, 0.1) is 17.8 Å². The van der Waals surface area contributed by atoms with Gasteiger partial charge in [0.05, 0.1) is 0 Å². The summed E-state index contributed by atoms with van der Waals surface area (Å²) in [6, 6.07) is 0. The van der Waals surface area contributed by atoms with Crippen LogP contribution in [0.2, 0.25) is 0 Å². The molecule has 0 heterocycles. The highest BCUT2D eigenvalue weighted by molar-refractivity contribution is 5.71. The van der Waals surface area contributed by atoms with Crippen molar-refractivity contribution in [2.45, 2.75) is 362 Å². The Morgan fingerprint density at radius 1 is 0.243 bits per heavy atom. The predicted molar refractivity (Wildman–Crippen MR) is 303 cm³/mol. The minimum Gasteiger partial charge on any atom is -0.462 e. The van der Waals surface area contributed by atoms with Gasteiger partial charge in [-0.25, -0.2) is 0 Å². The van der Waals surface area contributed by atoms with Gasteiger partial charge in [0, 0.05) is 19.3 Å². The second-order valence-corrected chi connectivity index (χ2v) is 23.5. The van der Waals surface area contributed by atoms with Gasteiger partial charge in [0.25, 0.3) is 0 Å². The lowest BCUT2D eigenvalue weighted by Gasteiger charge is -2.18. The number of rotatable bonds is 57. The maximum Gasteiger partial charge on any atom is 0.306 e. The molecule has 0 fully saturated rings. The Balaban J connectivity index is 4.30. The van der Waals surface area contributed by atoms with Crippen LogP contribution >= 0.6 is 0 Å². The van der Waals surface area contributed by atoms with Crippen LogP contribution in [-0.4, -0.2) is 37.2 Å². The largest absolute Gasteiger partial charge is 0.462 e. The van der Waals surface area contributed by atoms with E-state index < -0.39 is 6.10 Å². The molecule has 0 saturated heterocycles. The Morgan fingerprint density at radius 3 is 0.614 bits per heavy atom. The molecule has 0 aliphatic rings. The Hall–Kier alpha value is -1.59. The van der Waals surface area contributed by atoms with Crippen LogP contribution in [0.1, 0.15) is 356 Å². The second-order valence-electron chi connectivity index (χ2n) is 23.5. The third-order valence-electron chi connectivity index (χ3n) is 14.6. The lowest BCUT2D eigenvalue weighted by Crippen LogP contribution is -2.30. The number of unbranched alkanes of at least 4 members (excludes halogenated alkanes) is 40. The van der Waals surface area contributed by atoms with Crippen molar-refractivity contribution in [3.05, 3.63) is 0 Å². The molecule has 6 nitrogen and oxygen atoms in total. The zero-order valence-corrected chi connectivity index (χ0v) is 48.3.